The molecule has 1 rings (SSSR count). The van der Waals surface area contributed by atoms with E-state index in [0.717, 1.165) is 35.9 Å². The van der Waals surface area contributed by atoms with Gasteiger partial charge in [0.15, 0.2) is 8.32 Å². The predicted octanol–water partition coefficient (Wildman–Crippen LogP) is 5.30. The summed E-state index contributed by atoms with van der Waals surface area (Å²) >= 11 is 0. The standard InChI is InChI=1S/C18H31N3O3Si/c1-5-25(6-2,7-3)24-18(14-20-21-19)12-13-23-15-16-8-10-17(22-4)11-9-16/h8-11,18H,5-7,12-15H2,1-4H3/t18-/m1/s1. The number of hydrogen-bond acceptors (Lipinski definition) is 4. The zero-order chi connectivity index (χ0) is 18.5. The molecule has 0 heterocycles. The molecule has 25 heavy (non-hydrogen) atoms. The summed E-state index contributed by atoms with van der Waals surface area (Å²) in [7, 11) is -0.0635. The zero-order valence-corrected chi connectivity index (χ0v) is 16.9. The number of nitrogens with zero attached hydrogens (tertiary/aromatic N) is 3. The summed E-state index contributed by atoms with van der Waals surface area (Å²) in [5, 5.41) is 3.72. The molecule has 0 bridgehead atoms. The lowest BCUT2D eigenvalue weighted by molar-refractivity contribution is 0.0811. The predicted molar refractivity (Wildman–Crippen MR) is 103 cm³/mol. The number of azide groups is 1. The van der Waals surface area contributed by atoms with Gasteiger partial charge in [0.1, 0.15) is 5.75 Å². The molecule has 0 N–H and O–H groups in total. The highest BCUT2D eigenvalue weighted by molar-refractivity contribution is 6.73. The van der Waals surface area contributed by atoms with Gasteiger partial charge in [0.25, 0.3) is 0 Å². The number of methoxy groups -OCH3 is 1. The fourth-order valence-corrected chi connectivity index (χ4v) is 5.69. The van der Waals surface area contributed by atoms with E-state index in [0.29, 0.717) is 19.8 Å². The SMILES string of the molecule is CC[Si](CC)(CC)O[C@H](CCOCc1ccc(OC)cc1)CN=[N+]=[N-]. The van der Waals surface area contributed by atoms with Crippen molar-refractivity contribution < 1.29 is 13.9 Å². The Bertz CT molecular complexity index is 521. The Labute approximate surface area is 152 Å². The maximum absolute atomic E-state index is 8.62. The molecule has 0 unspecified atom stereocenters. The third kappa shape index (κ3) is 7.48. The molecule has 140 valence electrons. The minimum Gasteiger partial charge on any atom is -0.497 e. The van der Waals surface area contributed by atoms with Crippen LogP contribution in [0.1, 0.15) is 32.8 Å². The fraction of sp³-hybridized carbons (Fsp3) is 0.667. The van der Waals surface area contributed by atoms with Crippen molar-refractivity contribution in [2.24, 2.45) is 5.11 Å². The molecular weight excluding hydrogens is 334 g/mol. The van der Waals surface area contributed by atoms with Crippen molar-refractivity contribution >= 4 is 8.32 Å². The molecule has 0 aliphatic carbocycles. The Balaban J connectivity index is 2.50. The molecule has 1 aromatic carbocycles. The Morgan fingerprint density at radius 1 is 1.12 bits per heavy atom. The monoisotopic (exact) mass is 365 g/mol. The number of rotatable bonds is 13. The van der Waals surface area contributed by atoms with Crippen LogP contribution in [0.2, 0.25) is 18.1 Å². The van der Waals surface area contributed by atoms with Crippen molar-refractivity contribution in [3.05, 3.63) is 40.3 Å². The van der Waals surface area contributed by atoms with Crippen molar-refractivity contribution in [2.75, 3.05) is 20.3 Å². The molecule has 0 aromatic heterocycles. The largest absolute Gasteiger partial charge is 0.497 e. The van der Waals surface area contributed by atoms with Crippen molar-refractivity contribution in [1.82, 2.24) is 0 Å². The topological polar surface area (TPSA) is 76.5 Å². The van der Waals surface area contributed by atoms with Crippen LogP contribution in [0.5, 0.6) is 5.75 Å². The summed E-state index contributed by atoms with van der Waals surface area (Å²) in [5.74, 6) is 0.839. The molecule has 7 heteroatoms. The van der Waals surface area contributed by atoms with Gasteiger partial charge < -0.3 is 13.9 Å². The van der Waals surface area contributed by atoms with Crippen LogP contribution in [0.4, 0.5) is 0 Å². The molecule has 1 aromatic rings. The lowest BCUT2D eigenvalue weighted by Crippen LogP contribution is -2.41. The van der Waals surface area contributed by atoms with E-state index in [1.165, 1.54) is 0 Å². The second-order valence-electron chi connectivity index (χ2n) is 6.09. The number of benzene rings is 1. The van der Waals surface area contributed by atoms with Crippen LogP contribution in [0.15, 0.2) is 29.4 Å². The summed E-state index contributed by atoms with van der Waals surface area (Å²) in [5.41, 5.74) is 9.73. The molecule has 0 saturated heterocycles. The van der Waals surface area contributed by atoms with Crippen LogP contribution in [0.3, 0.4) is 0 Å². The Kier molecular flexibility index (Phi) is 10.3. The van der Waals surface area contributed by atoms with Crippen LogP contribution in [0.25, 0.3) is 10.4 Å². The van der Waals surface area contributed by atoms with E-state index in [1.54, 1.807) is 7.11 Å². The lowest BCUT2D eigenvalue weighted by atomic mass is 10.2. The van der Waals surface area contributed by atoms with Crippen molar-refractivity contribution in [1.29, 1.82) is 0 Å². The Morgan fingerprint density at radius 3 is 2.28 bits per heavy atom. The quantitative estimate of drug-likeness (QED) is 0.156. The second-order valence-corrected chi connectivity index (χ2v) is 10.8. The van der Waals surface area contributed by atoms with Gasteiger partial charge in [0.2, 0.25) is 0 Å². The number of hydrogen-bond donors (Lipinski definition) is 0. The van der Waals surface area contributed by atoms with Crippen LogP contribution in [-0.4, -0.2) is 34.7 Å². The second kappa shape index (κ2) is 11.9. The summed E-state index contributed by atoms with van der Waals surface area (Å²) in [6.45, 7) is 8.10. The van der Waals surface area contributed by atoms with Gasteiger partial charge in [-0.3, -0.25) is 0 Å². The Hall–Kier alpha value is -1.53. The summed E-state index contributed by atoms with van der Waals surface area (Å²) in [6, 6.07) is 11.1. The maximum Gasteiger partial charge on any atom is 0.192 e. The molecule has 0 amide bonds. The van der Waals surface area contributed by atoms with Crippen LogP contribution in [0, 0.1) is 0 Å². The maximum atomic E-state index is 8.62. The van der Waals surface area contributed by atoms with Gasteiger partial charge in [-0.1, -0.05) is 38.0 Å². The smallest absolute Gasteiger partial charge is 0.192 e. The fourth-order valence-electron chi connectivity index (χ4n) is 2.80. The molecule has 0 fully saturated rings. The molecule has 6 nitrogen and oxygen atoms in total. The van der Waals surface area contributed by atoms with E-state index in [4.69, 9.17) is 19.4 Å². The molecule has 0 aliphatic heterocycles. The van der Waals surface area contributed by atoms with Gasteiger partial charge >= 0.3 is 0 Å². The van der Waals surface area contributed by atoms with Gasteiger partial charge in [0, 0.05) is 11.5 Å². The minimum absolute atomic E-state index is 0.0571. The normalized spacial score (nSPS) is 12.5. The van der Waals surface area contributed by atoms with Gasteiger partial charge in [0.05, 0.1) is 26.4 Å². The van der Waals surface area contributed by atoms with Gasteiger partial charge in [-0.15, -0.1) is 0 Å². The third-order valence-corrected chi connectivity index (χ3v) is 9.41. The highest BCUT2D eigenvalue weighted by Gasteiger charge is 2.31. The van der Waals surface area contributed by atoms with E-state index >= 15 is 0 Å². The summed E-state index contributed by atoms with van der Waals surface area (Å²) in [4.78, 5) is 2.88. The van der Waals surface area contributed by atoms with E-state index in [1.807, 2.05) is 24.3 Å². The van der Waals surface area contributed by atoms with Crippen LogP contribution >= 0.6 is 0 Å². The van der Waals surface area contributed by atoms with Gasteiger partial charge in [-0.25, -0.2) is 0 Å². The first-order chi connectivity index (χ1) is 12.1. The van der Waals surface area contributed by atoms with Crippen LogP contribution < -0.4 is 4.74 Å². The molecule has 1 atom stereocenters. The zero-order valence-electron chi connectivity index (χ0n) is 15.9. The highest BCUT2D eigenvalue weighted by Crippen LogP contribution is 2.24. The number of ether oxygens (including phenoxy) is 2. The van der Waals surface area contributed by atoms with Crippen molar-refractivity contribution in [3.63, 3.8) is 0 Å². The molecule has 0 aliphatic rings. The lowest BCUT2D eigenvalue weighted by Gasteiger charge is -2.32. The van der Waals surface area contributed by atoms with E-state index in [9.17, 15) is 0 Å². The highest BCUT2D eigenvalue weighted by atomic mass is 28.4. The molecule has 0 spiro atoms. The van der Waals surface area contributed by atoms with E-state index < -0.39 is 8.32 Å². The van der Waals surface area contributed by atoms with Gasteiger partial charge in [-0.05, 0) is 47.8 Å². The first-order valence-electron chi connectivity index (χ1n) is 9.02. The van der Waals surface area contributed by atoms with Crippen molar-refractivity contribution in [3.8, 4) is 5.75 Å². The molecular formula is C18H31N3O3Si. The average Bonchev–Trinajstić information content (AvgIpc) is 2.67. The minimum atomic E-state index is -1.72. The first kappa shape index (κ1) is 21.5. The molecule has 0 saturated carbocycles. The van der Waals surface area contributed by atoms with Crippen molar-refractivity contribution in [2.45, 2.75) is 58.0 Å². The van der Waals surface area contributed by atoms with Crippen LogP contribution in [-0.2, 0) is 15.8 Å². The Morgan fingerprint density at radius 2 is 1.76 bits per heavy atom. The average molecular weight is 366 g/mol. The third-order valence-electron chi connectivity index (χ3n) is 4.71. The van der Waals surface area contributed by atoms with Gasteiger partial charge in [-0.2, -0.15) is 0 Å². The first-order valence-corrected chi connectivity index (χ1v) is 11.5. The molecule has 0 radical (unpaired) electrons. The summed E-state index contributed by atoms with van der Waals surface area (Å²) in [6.07, 6.45) is 0.683. The van der Waals surface area contributed by atoms with E-state index in [2.05, 4.69) is 30.8 Å². The summed E-state index contributed by atoms with van der Waals surface area (Å²) < 4.78 is 17.4. The van der Waals surface area contributed by atoms with E-state index in [-0.39, 0.29) is 6.10 Å².